The number of fused-ring (bicyclic) bond motifs is 1. The quantitative estimate of drug-likeness (QED) is 0.172. The van der Waals surface area contributed by atoms with Crippen LogP contribution in [0.4, 0.5) is 0 Å². The van der Waals surface area contributed by atoms with E-state index in [1.165, 1.54) is 11.1 Å². The molecule has 0 aliphatic heterocycles. The van der Waals surface area contributed by atoms with Crippen LogP contribution in [-0.4, -0.2) is 24.5 Å². The van der Waals surface area contributed by atoms with Gasteiger partial charge in [-0.15, -0.1) is 0 Å². The summed E-state index contributed by atoms with van der Waals surface area (Å²) in [6.07, 6.45) is 0. The first-order chi connectivity index (χ1) is 25.3. The maximum atomic E-state index is 5.09. The highest BCUT2D eigenvalue weighted by molar-refractivity contribution is 5.84. The van der Waals surface area contributed by atoms with E-state index in [0.717, 1.165) is 55.9 Å². The second-order valence-electron chi connectivity index (χ2n) is 12.4. The molecule has 0 spiro atoms. The third-order valence-corrected chi connectivity index (χ3v) is 9.09. The lowest BCUT2D eigenvalue weighted by atomic mass is 10.0. The van der Waals surface area contributed by atoms with Crippen molar-refractivity contribution in [3.05, 3.63) is 188 Å². The van der Waals surface area contributed by atoms with Gasteiger partial charge >= 0.3 is 0 Å². The van der Waals surface area contributed by atoms with Crippen molar-refractivity contribution in [2.24, 2.45) is 0 Å². The molecule has 7 aromatic carbocycles. The van der Waals surface area contributed by atoms with Crippen molar-refractivity contribution in [1.29, 1.82) is 0 Å². The highest BCUT2D eigenvalue weighted by Crippen LogP contribution is 2.32. The summed E-state index contributed by atoms with van der Waals surface area (Å²) in [5.41, 5.74) is 11.3. The fraction of sp³-hybridized carbons (Fsp3) is 0. The van der Waals surface area contributed by atoms with E-state index < -0.39 is 0 Å². The molecular formula is C46H31N5. The van der Waals surface area contributed by atoms with Gasteiger partial charge in [-0.2, -0.15) is 0 Å². The van der Waals surface area contributed by atoms with Gasteiger partial charge in [-0.1, -0.05) is 164 Å². The Bertz CT molecular complexity index is 2490. The molecule has 0 unspecified atom stereocenters. The van der Waals surface area contributed by atoms with E-state index in [-0.39, 0.29) is 0 Å². The molecule has 2 aromatic heterocycles. The van der Waals surface area contributed by atoms with Crippen LogP contribution in [0.1, 0.15) is 0 Å². The third kappa shape index (κ3) is 5.98. The standard InChI is InChI=1S/C46H31N5/c1-4-13-32(14-5-1)34-23-27-36(28-24-34)43-48-44(37-29-25-35(26-30-37)33-15-6-2-7-16-33)50-45(49-43)39-19-12-20-40(31-39)51-42-22-11-10-21-41(42)47-46(51)38-17-8-3-9-18-38/h1-31H. The minimum Gasteiger partial charge on any atom is -0.292 e. The minimum absolute atomic E-state index is 0.599. The maximum absolute atomic E-state index is 5.09. The van der Waals surface area contributed by atoms with Crippen LogP contribution in [0.5, 0.6) is 0 Å². The summed E-state index contributed by atoms with van der Waals surface area (Å²) in [5, 5.41) is 0. The van der Waals surface area contributed by atoms with Crippen LogP contribution in [-0.2, 0) is 0 Å². The third-order valence-electron chi connectivity index (χ3n) is 9.09. The SMILES string of the molecule is c1ccc(-c2ccc(-c3nc(-c4ccc(-c5ccccc5)cc4)nc(-c4cccc(-n5c(-c6ccccc6)nc6ccccc65)c4)n3)cc2)cc1. The average Bonchev–Trinajstić information content (AvgIpc) is 3.62. The first kappa shape index (κ1) is 30.1. The number of hydrogen-bond donors (Lipinski definition) is 0. The van der Waals surface area contributed by atoms with Gasteiger partial charge in [-0.25, -0.2) is 19.9 Å². The van der Waals surface area contributed by atoms with Crippen molar-refractivity contribution in [3.8, 4) is 73.5 Å². The Kier molecular flexibility index (Phi) is 7.76. The number of aromatic nitrogens is 5. The fourth-order valence-corrected chi connectivity index (χ4v) is 6.50. The normalized spacial score (nSPS) is 11.1. The zero-order chi connectivity index (χ0) is 34.0. The van der Waals surface area contributed by atoms with Gasteiger partial charge in [-0.3, -0.25) is 4.57 Å². The molecule has 5 heteroatoms. The van der Waals surface area contributed by atoms with Crippen LogP contribution in [0.25, 0.3) is 84.5 Å². The summed E-state index contributed by atoms with van der Waals surface area (Å²) in [6.45, 7) is 0. The molecule has 0 bridgehead atoms. The molecule has 51 heavy (non-hydrogen) atoms. The first-order valence-electron chi connectivity index (χ1n) is 17.0. The van der Waals surface area contributed by atoms with E-state index in [1.807, 2.05) is 36.4 Å². The number of rotatable bonds is 7. The summed E-state index contributed by atoms with van der Waals surface area (Å²) < 4.78 is 2.21. The van der Waals surface area contributed by atoms with Gasteiger partial charge in [0.2, 0.25) is 0 Å². The topological polar surface area (TPSA) is 56.5 Å². The Labute approximate surface area is 296 Å². The highest BCUT2D eigenvalue weighted by atomic mass is 15.1. The molecule has 0 atom stereocenters. The molecule has 9 rings (SSSR count). The van der Waals surface area contributed by atoms with E-state index >= 15 is 0 Å². The summed E-state index contributed by atoms with van der Waals surface area (Å²) in [5.74, 6) is 2.71. The molecule has 0 radical (unpaired) electrons. The van der Waals surface area contributed by atoms with Crippen molar-refractivity contribution in [3.63, 3.8) is 0 Å². The Morgan fingerprint density at radius 3 is 1.25 bits per heavy atom. The van der Waals surface area contributed by atoms with Crippen molar-refractivity contribution in [1.82, 2.24) is 24.5 Å². The summed E-state index contributed by atoms with van der Waals surface area (Å²) in [4.78, 5) is 20.3. The van der Waals surface area contributed by atoms with Crippen molar-refractivity contribution in [2.75, 3.05) is 0 Å². The second kappa shape index (κ2) is 13.1. The van der Waals surface area contributed by atoms with Gasteiger partial charge in [0.1, 0.15) is 5.82 Å². The number of imidazole rings is 1. The number of hydrogen-bond acceptors (Lipinski definition) is 4. The number of benzene rings is 7. The van der Waals surface area contributed by atoms with E-state index in [2.05, 4.69) is 156 Å². The largest absolute Gasteiger partial charge is 0.292 e. The Balaban J connectivity index is 1.17. The Hall–Kier alpha value is -6.98. The first-order valence-corrected chi connectivity index (χ1v) is 17.0. The van der Waals surface area contributed by atoms with Gasteiger partial charge < -0.3 is 0 Å². The van der Waals surface area contributed by atoms with Gasteiger partial charge in [0.05, 0.1) is 11.0 Å². The molecule has 0 saturated carbocycles. The van der Waals surface area contributed by atoms with Gasteiger partial charge in [-0.05, 0) is 46.5 Å². The molecular weight excluding hydrogens is 623 g/mol. The lowest BCUT2D eigenvalue weighted by Gasteiger charge is -2.13. The smallest absolute Gasteiger partial charge is 0.164 e. The van der Waals surface area contributed by atoms with E-state index in [0.29, 0.717) is 17.5 Å². The Morgan fingerprint density at radius 1 is 0.294 bits per heavy atom. The molecule has 0 aliphatic carbocycles. The van der Waals surface area contributed by atoms with Crippen LogP contribution in [0.2, 0.25) is 0 Å². The molecule has 0 amide bonds. The molecule has 2 heterocycles. The maximum Gasteiger partial charge on any atom is 0.164 e. The molecule has 0 aliphatic rings. The van der Waals surface area contributed by atoms with E-state index in [4.69, 9.17) is 19.9 Å². The molecule has 9 aromatic rings. The minimum atomic E-state index is 0.599. The molecule has 0 saturated heterocycles. The number of nitrogens with zero attached hydrogens (tertiary/aromatic N) is 5. The zero-order valence-corrected chi connectivity index (χ0v) is 27.6. The van der Waals surface area contributed by atoms with Crippen molar-refractivity contribution < 1.29 is 0 Å². The van der Waals surface area contributed by atoms with Gasteiger partial charge in [0.15, 0.2) is 17.5 Å². The van der Waals surface area contributed by atoms with E-state index in [1.54, 1.807) is 0 Å². The molecule has 0 N–H and O–H groups in total. The Morgan fingerprint density at radius 2 is 0.706 bits per heavy atom. The molecule has 0 fully saturated rings. The van der Waals surface area contributed by atoms with Crippen LogP contribution in [0, 0.1) is 0 Å². The number of para-hydroxylation sites is 2. The fourth-order valence-electron chi connectivity index (χ4n) is 6.50. The van der Waals surface area contributed by atoms with Crippen LogP contribution in [0.15, 0.2) is 188 Å². The van der Waals surface area contributed by atoms with Crippen molar-refractivity contribution >= 4 is 11.0 Å². The second-order valence-corrected chi connectivity index (χ2v) is 12.4. The highest BCUT2D eigenvalue weighted by Gasteiger charge is 2.17. The average molecular weight is 654 g/mol. The molecule has 5 nitrogen and oxygen atoms in total. The summed E-state index contributed by atoms with van der Waals surface area (Å²) >= 11 is 0. The van der Waals surface area contributed by atoms with Gasteiger partial charge in [0, 0.05) is 27.9 Å². The summed E-state index contributed by atoms with van der Waals surface area (Å²) in [7, 11) is 0. The summed E-state index contributed by atoms with van der Waals surface area (Å²) in [6, 6.07) is 64.5. The van der Waals surface area contributed by atoms with Crippen LogP contribution < -0.4 is 0 Å². The zero-order valence-electron chi connectivity index (χ0n) is 27.6. The van der Waals surface area contributed by atoms with Gasteiger partial charge in [0.25, 0.3) is 0 Å². The monoisotopic (exact) mass is 653 g/mol. The lowest BCUT2D eigenvalue weighted by molar-refractivity contribution is 1.07. The predicted molar refractivity (Wildman–Crippen MR) is 207 cm³/mol. The van der Waals surface area contributed by atoms with Crippen LogP contribution >= 0.6 is 0 Å². The van der Waals surface area contributed by atoms with E-state index in [9.17, 15) is 0 Å². The predicted octanol–water partition coefficient (Wildman–Crippen LogP) is 11.2. The van der Waals surface area contributed by atoms with Crippen LogP contribution in [0.3, 0.4) is 0 Å². The lowest BCUT2D eigenvalue weighted by Crippen LogP contribution is -2.02. The van der Waals surface area contributed by atoms with Crippen molar-refractivity contribution in [2.45, 2.75) is 0 Å². The molecule has 240 valence electrons.